The van der Waals surface area contributed by atoms with Gasteiger partial charge < -0.3 is 5.11 Å². The number of nitrogens with zero attached hydrogens (tertiary/aromatic N) is 3. The summed E-state index contributed by atoms with van der Waals surface area (Å²) in [5.74, 6) is 0. The van der Waals surface area contributed by atoms with Gasteiger partial charge in [-0.2, -0.15) is 0 Å². The SMILES string of the molecule is OCc1ccnc(-c2cncc(Cl)n2)c1. The van der Waals surface area contributed by atoms with E-state index in [2.05, 4.69) is 15.0 Å². The van der Waals surface area contributed by atoms with Gasteiger partial charge in [0.05, 0.1) is 24.7 Å². The maximum atomic E-state index is 8.97. The van der Waals surface area contributed by atoms with Crippen LogP contribution in [0.1, 0.15) is 5.56 Å². The Hall–Kier alpha value is -1.52. The lowest BCUT2D eigenvalue weighted by Gasteiger charge is -2.01. The molecule has 0 amide bonds. The maximum absolute atomic E-state index is 8.97. The summed E-state index contributed by atoms with van der Waals surface area (Å²) in [7, 11) is 0. The molecule has 5 heteroatoms. The van der Waals surface area contributed by atoms with E-state index in [1.807, 2.05) is 0 Å². The van der Waals surface area contributed by atoms with E-state index < -0.39 is 0 Å². The number of aliphatic hydroxyl groups excluding tert-OH is 1. The second-order valence-electron chi connectivity index (χ2n) is 2.93. The Morgan fingerprint density at radius 1 is 1.27 bits per heavy atom. The van der Waals surface area contributed by atoms with Gasteiger partial charge in [-0.05, 0) is 17.7 Å². The molecular weight excluding hydrogens is 214 g/mol. The summed E-state index contributed by atoms with van der Waals surface area (Å²) in [5.41, 5.74) is 2.02. The lowest BCUT2D eigenvalue weighted by molar-refractivity contribution is 0.282. The van der Waals surface area contributed by atoms with Crippen molar-refractivity contribution in [2.75, 3.05) is 0 Å². The molecule has 0 aliphatic heterocycles. The molecule has 0 atom stereocenters. The summed E-state index contributed by atoms with van der Waals surface area (Å²) in [6, 6.07) is 3.49. The molecule has 2 aromatic rings. The van der Waals surface area contributed by atoms with Gasteiger partial charge in [0.25, 0.3) is 0 Å². The Balaban J connectivity index is 2.44. The first kappa shape index (κ1) is 10.0. The molecule has 76 valence electrons. The fraction of sp³-hybridized carbons (Fsp3) is 0.100. The molecule has 4 nitrogen and oxygen atoms in total. The number of hydrogen-bond donors (Lipinski definition) is 1. The molecule has 0 unspecified atom stereocenters. The van der Waals surface area contributed by atoms with Gasteiger partial charge in [-0.1, -0.05) is 11.6 Å². The van der Waals surface area contributed by atoms with Crippen molar-refractivity contribution >= 4 is 11.6 Å². The Labute approximate surface area is 91.6 Å². The smallest absolute Gasteiger partial charge is 0.148 e. The van der Waals surface area contributed by atoms with Crippen LogP contribution < -0.4 is 0 Å². The second kappa shape index (κ2) is 4.33. The van der Waals surface area contributed by atoms with Crippen LogP contribution in [-0.2, 0) is 6.61 Å². The number of aromatic nitrogens is 3. The molecule has 15 heavy (non-hydrogen) atoms. The Bertz CT molecular complexity index is 476. The van der Waals surface area contributed by atoms with E-state index in [-0.39, 0.29) is 6.61 Å². The van der Waals surface area contributed by atoms with E-state index in [9.17, 15) is 0 Å². The largest absolute Gasteiger partial charge is 0.392 e. The summed E-state index contributed by atoms with van der Waals surface area (Å²) < 4.78 is 0. The van der Waals surface area contributed by atoms with Gasteiger partial charge in [-0.25, -0.2) is 4.98 Å². The van der Waals surface area contributed by atoms with Crippen LogP contribution in [0, 0.1) is 0 Å². The van der Waals surface area contributed by atoms with Crippen molar-refractivity contribution in [3.8, 4) is 11.4 Å². The van der Waals surface area contributed by atoms with Gasteiger partial charge in [0.15, 0.2) is 0 Å². The molecule has 0 saturated heterocycles. The van der Waals surface area contributed by atoms with Crippen LogP contribution in [0.4, 0.5) is 0 Å². The Morgan fingerprint density at radius 2 is 2.13 bits per heavy atom. The van der Waals surface area contributed by atoms with Crippen molar-refractivity contribution in [1.29, 1.82) is 0 Å². The fourth-order valence-corrected chi connectivity index (χ4v) is 1.33. The molecule has 0 saturated carbocycles. The van der Waals surface area contributed by atoms with E-state index in [0.717, 1.165) is 5.56 Å². The van der Waals surface area contributed by atoms with E-state index in [1.54, 1.807) is 24.5 Å². The molecule has 0 aliphatic carbocycles. The molecule has 0 bridgehead atoms. The van der Waals surface area contributed by atoms with Gasteiger partial charge in [0.2, 0.25) is 0 Å². The fourth-order valence-electron chi connectivity index (χ4n) is 1.18. The summed E-state index contributed by atoms with van der Waals surface area (Å²) in [5, 5.41) is 9.30. The highest BCUT2D eigenvalue weighted by atomic mass is 35.5. The molecule has 2 heterocycles. The predicted octanol–water partition coefficient (Wildman–Crippen LogP) is 1.68. The van der Waals surface area contributed by atoms with E-state index in [0.29, 0.717) is 16.5 Å². The first-order chi connectivity index (χ1) is 7.29. The van der Waals surface area contributed by atoms with Gasteiger partial charge in [-0.15, -0.1) is 0 Å². The first-order valence-electron chi connectivity index (χ1n) is 4.33. The molecule has 0 spiro atoms. The summed E-state index contributed by atoms with van der Waals surface area (Å²) in [6.07, 6.45) is 4.65. The minimum atomic E-state index is -0.0243. The van der Waals surface area contributed by atoms with Crippen LogP contribution in [0.2, 0.25) is 5.15 Å². The normalized spacial score (nSPS) is 10.3. The van der Waals surface area contributed by atoms with E-state index >= 15 is 0 Å². The topological polar surface area (TPSA) is 58.9 Å². The molecule has 0 aliphatic rings. The lowest BCUT2D eigenvalue weighted by Crippen LogP contribution is -1.91. The summed E-state index contributed by atoms with van der Waals surface area (Å²) in [6.45, 7) is -0.0243. The third-order valence-electron chi connectivity index (χ3n) is 1.87. The first-order valence-corrected chi connectivity index (χ1v) is 4.71. The van der Waals surface area contributed by atoms with Crippen LogP contribution in [-0.4, -0.2) is 20.1 Å². The Kier molecular flexibility index (Phi) is 2.89. The summed E-state index contributed by atoms with van der Waals surface area (Å²) in [4.78, 5) is 12.1. The van der Waals surface area contributed by atoms with Crippen molar-refractivity contribution in [3.05, 3.63) is 41.4 Å². The molecule has 2 rings (SSSR count). The minimum Gasteiger partial charge on any atom is -0.392 e. The number of pyridine rings is 1. The maximum Gasteiger partial charge on any atom is 0.148 e. The summed E-state index contributed by atoms with van der Waals surface area (Å²) >= 11 is 5.72. The van der Waals surface area contributed by atoms with Crippen molar-refractivity contribution in [3.63, 3.8) is 0 Å². The van der Waals surface area contributed by atoms with Crippen molar-refractivity contribution in [1.82, 2.24) is 15.0 Å². The number of rotatable bonds is 2. The van der Waals surface area contributed by atoms with Crippen molar-refractivity contribution < 1.29 is 5.11 Å². The van der Waals surface area contributed by atoms with Gasteiger partial charge in [-0.3, -0.25) is 9.97 Å². The molecule has 0 fully saturated rings. The second-order valence-corrected chi connectivity index (χ2v) is 3.32. The zero-order valence-corrected chi connectivity index (χ0v) is 8.52. The highest BCUT2D eigenvalue weighted by molar-refractivity contribution is 6.29. The molecular formula is C10H8ClN3O. The predicted molar refractivity (Wildman–Crippen MR) is 56.2 cm³/mol. The van der Waals surface area contributed by atoms with Crippen LogP contribution in [0.25, 0.3) is 11.4 Å². The van der Waals surface area contributed by atoms with Gasteiger partial charge in [0, 0.05) is 6.20 Å². The average molecular weight is 222 g/mol. The minimum absolute atomic E-state index is 0.0243. The standard InChI is InChI=1S/C10H8ClN3O/c11-10-5-12-4-9(14-10)8-3-7(6-15)1-2-13-8/h1-5,15H,6H2. The zero-order valence-electron chi connectivity index (χ0n) is 7.76. The van der Waals surface area contributed by atoms with Crippen LogP contribution >= 0.6 is 11.6 Å². The van der Waals surface area contributed by atoms with E-state index in [4.69, 9.17) is 16.7 Å². The quantitative estimate of drug-likeness (QED) is 0.838. The number of aliphatic hydroxyl groups is 1. The van der Waals surface area contributed by atoms with Crippen molar-refractivity contribution in [2.45, 2.75) is 6.61 Å². The van der Waals surface area contributed by atoms with Gasteiger partial charge >= 0.3 is 0 Å². The van der Waals surface area contributed by atoms with Crippen molar-refractivity contribution in [2.24, 2.45) is 0 Å². The molecule has 2 aromatic heterocycles. The molecule has 0 aromatic carbocycles. The van der Waals surface area contributed by atoms with Crippen LogP contribution in [0.5, 0.6) is 0 Å². The zero-order chi connectivity index (χ0) is 10.7. The third kappa shape index (κ3) is 2.29. The lowest BCUT2D eigenvalue weighted by atomic mass is 10.2. The average Bonchev–Trinajstić information content (AvgIpc) is 2.29. The molecule has 0 radical (unpaired) electrons. The Morgan fingerprint density at radius 3 is 2.87 bits per heavy atom. The molecule has 1 N–H and O–H groups in total. The van der Waals surface area contributed by atoms with Crippen LogP contribution in [0.3, 0.4) is 0 Å². The number of halogens is 1. The highest BCUT2D eigenvalue weighted by Gasteiger charge is 2.03. The number of hydrogen-bond acceptors (Lipinski definition) is 4. The monoisotopic (exact) mass is 221 g/mol. The van der Waals surface area contributed by atoms with Crippen LogP contribution in [0.15, 0.2) is 30.7 Å². The third-order valence-corrected chi connectivity index (χ3v) is 2.06. The highest BCUT2D eigenvalue weighted by Crippen LogP contribution is 2.16. The van der Waals surface area contributed by atoms with E-state index in [1.165, 1.54) is 6.20 Å². The van der Waals surface area contributed by atoms with Gasteiger partial charge in [0.1, 0.15) is 10.8 Å².